The lowest BCUT2D eigenvalue weighted by atomic mass is 10.2. The van der Waals surface area contributed by atoms with Crippen LogP contribution in [0.3, 0.4) is 0 Å². The minimum Gasteiger partial charge on any atom is -0.452 e. The summed E-state index contributed by atoms with van der Waals surface area (Å²) in [5.41, 5.74) is -1.02. The van der Waals surface area contributed by atoms with E-state index < -0.39 is 48.2 Å². The van der Waals surface area contributed by atoms with Crippen molar-refractivity contribution in [2.75, 3.05) is 11.9 Å². The molecular formula is C16H11F4NO4. The number of para-hydroxylation sites is 2. The molecule has 0 aliphatic rings. The average Bonchev–Trinajstić information content (AvgIpc) is 2.56. The molecule has 2 aromatic rings. The molecule has 5 nitrogen and oxygen atoms in total. The third kappa shape index (κ3) is 4.93. The third-order valence-electron chi connectivity index (χ3n) is 2.88. The molecule has 9 heteroatoms. The Bertz CT molecular complexity index is 762. The maximum atomic E-state index is 13.4. The Morgan fingerprint density at radius 2 is 1.64 bits per heavy atom. The molecule has 25 heavy (non-hydrogen) atoms. The summed E-state index contributed by atoms with van der Waals surface area (Å²) in [5, 5.41) is 1.91. The molecule has 0 saturated carbocycles. The Balaban J connectivity index is 1.99. The van der Waals surface area contributed by atoms with Crippen LogP contribution >= 0.6 is 0 Å². The molecule has 0 aliphatic heterocycles. The SMILES string of the molecule is O=C(COC(=O)c1ccccc1OC(F)F)Nc1c(F)cccc1F. The van der Waals surface area contributed by atoms with Gasteiger partial charge in [-0.2, -0.15) is 8.78 Å². The van der Waals surface area contributed by atoms with Gasteiger partial charge in [-0.15, -0.1) is 0 Å². The first-order valence-corrected chi connectivity index (χ1v) is 6.83. The summed E-state index contributed by atoms with van der Waals surface area (Å²) in [5.74, 6) is -4.56. The van der Waals surface area contributed by atoms with Gasteiger partial charge >= 0.3 is 12.6 Å². The zero-order valence-corrected chi connectivity index (χ0v) is 12.5. The van der Waals surface area contributed by atoms with E-state index in [1.54, 1.807) is 0 Å². The summed E-state index contributed by atoms with van der Waals surface area (Å²) < 4.78 is 60.2. The predicted octanol–water partition coefficient (Wildman–Crippen LogP) is 3.36. The van der Waals surface area contributed by atoms with Crippen molar-refractivity contribution in [3.63, 3.8) is 0 Å². The Kier molecular flexibility index (Phi) is 5.93. The Labute approximate surface area is 139 Å². The summed E-state index contributed by atoms with van der Waals surface area (Å²) in [6.07, 6.45) is 0. The minimum absolute atomic E-state index is 0.326. The minimum atomic E-state index is -3.15. The molecule has 0 spiro atoms. The zero-order chi connectivity index (χ0) is 18.4. The van der Waals surface area contributed by atoms with Crippen LogP contribution in [-0.4, -0.2) is 25.1 Å². The molecule has 2 rings (SSSR count). The highest BCUT2D eigenvalue weighted by atomic mass is 19.3. The van der Waals surface area contributed by atoms with Crippen LogP contribution in [0.25, 0.3) is 0 Å². The van der Waals surface area contributed by atoms with E-state index in [9.17, 15) is 27.2 Å². The van der Waals surface area contributed by atoms with E-state index in [2.05, 4.69) is 9.47 Å². The highest BCUT2D eigenvalue weighted by Gasteiger charge is 2.18. The van der Waals surface area contributed by atoms with Crippen LogP contribution in [0, 0.1) is 11.6 Å². The average molecular weight is 357 g/mol. The van der Waals surface area contributed by atoms with Crippen molar-refractivity contribution >= 4 is 17.6 Å². The number of rotatable bonds is 6. The highest BCUT2D eigenvalue weighted by Crippen LogP contribution is 2.21. The topological polar surface area (TPSA) is 64.6 Å². The predicted molar refractivity (Wildman–Crippen MR) is 78.3 cm³/mol. The zero-order valence-electron chi connectivity index (χ0n) is 12.5. The number of alkyl halides is 2. The van der Waals surface area contributed by atoms with E-state index in [4.69, 9.17) is 0 Å². The van der Waals surface area contributed by atoms with Crippen LogP contribution in [0.15, 0.2) is 42.5 Å². The maximum absolute atomic E-state index is 13.4. The molecule has 0 heterocycles. The molecule has 0 fully saturated rings. The van der Waals surface area contributed by atoms with Crippen molar-refractivity contribution in [3.8, 4) is 5.75 Å². The van der Waals surface area contributed by atoms with Crippen molar-refractivity contribution in [3.05, 3.63) is 59.7 Å². The molecule has 132 valence electrons. The van der Waals surface area contributed by atoms with Gasteiger partial charge < -0.3 is 14.8 Å². The lowest BCUT2D eigenvalue weighted by molar-refractivity contribution is -0.119. The number of ether oxygens (including phenoxy) is 2. The molecule has 0 bridgehead atoms. The number of hydrogen-bond acceptors (Lipinski definition) is 4. The van der Waals surface area contributed by atoms with E-state index in [1.165, 1.54) is 12.1 Å². The van der Waals surface area contributed by atoms with Gasteiger partial charge in [0.15, 0.2) is 6.61 Å². The molecule has 0 atom stereocenters. The van der Waals surface area contributed by atoms with Crippen LogP contribution in [0.4, 0.5) is 23.2 Å². The van der Waals surface area contributed by atoms with Gasteiger partial charge in [-0.25, -0.2) is 13.6 Å². The number of amides is 1. The van der Waals surface area contributed by atoms with Crippen LogP contribution in [-0.2, 0) is 9.53 Å². The second-order valence-corrected chi connectivity index (χ2v) is 4.60. The lowest BCUT2D eigenvalue weighted by Crippen LogP contribution is -2.22. The number of benzene rings is 2. The second kappa shape index (κ2) is 8.13. The molecule has 0 unspecified atom stereocenters. The number of anilines is 1. The van der Waals surface area contributed by atoms with E-state index in [1.807, 2.05) is 5.32 Å². The standard InChI is InChI=1S/C16H11F4NO4/c17-10-5-3-6-11(18)14(10)21-13(22)8-24-15(23)9-4-1-2-7-12(9)25-16(19)20/h1-7,16H,8H2,(H,21,22). The third-order valence-corrected chi connectivity index (χ3v) is 2.88. The molecular weight excluding hydrogens is 346 g/mol. The summed E-state index contributed by atoms with van der Waals surface area (Å²) in [6.45, 7) is -4.03. The van der Waals surface area contributed by atoms with Crippen LogP contribution in [0.2, 0.25) is 0 Å². The summed E-state index contributed by atoms with van der Waals surface area (Å²) in [6, 6.07) is 8.00. The molecule has 1 N–H and O–H groups in total. The number of halogens is 4. The Morgan fingerprint density at radius 3 is 2.28 bits per heavy atom. The van der Waals surface area contributed by atoms with E-state index in [0.29, 0.717) is 0 Å². The fourth-order valence-corrected chi connectivity index (χ4v) is 1.84. The van der Waals surface area contributed by atoms with Gasteiger partial charge in [0.2, 0.25) is 0 Å². The van der Waals surface area contributed by atoms with Crippen molar-refractivity contribution < 1.29 is 36.6 Å². The van der Waals surface area contributed by atoms with Gasteiger partial charge in [0.25, 0.3) is 5.91 Å². The van der Waals surface area contributed by atoms with Gasteiger partial charge in [0.05, 0.1) is 0 Å². The van der Waals surface area contributed by atoms with Crippen LogP contribution < -0.4 is 10.1 Å². The second-order valence-electron chi connectivity index (χ2n) is 4.60. The maximum Gasteiger partial charge on any atom is 0.387 e. The van der Waals surface area contributed by atoms with E-state index in [0.717, 1.165) is 30.3 Å². The number of carbonyl (C=O) groups excluding carboxylic acids is 2. The quantitative estimate of drug-likeness (QED) is 0.636. The van der Waals surface area contributed by atoms with Crippen LogP contribution in [0.5, 0.6) is 5.75 Å². The van der Waals surface area contributed by atoms with Crippen molar-refractivity contribution in [2.24, 2.45) is 0 Å². The van der Waals surface area contributed by atoms with Gasteiger partial charge in [-0.3, -0.25) is 4.79 Å². The molecule has 2 aromatic carbocycles. The summed E-state index contributed by atoms with van der Waals surface area (Å²) >= 11 is 0. The first-order chi connectivity index (χ1) is 11.9. The molecule has 0 aliphatic carbocycles. The first-order valence-electron chi connectivity index (χ1n) is 6.83. The van der Waals surface area contributed by atoms with E-state index in [-0.39, 0.29) is 5.56 Å². The number of hydrogen-bond donors (Lipinski definition) is 1. The number of esters is 1. The molecule has 1 amide bonds. The number of carbonyl (C=O) groups is 2. The van der Waals surface area contributed by atoms with Gasteiger partial charge in [0.1, 0.15) is 28.6 Å². The first kappa shape index (κ1) is 18.2. The monoisotopic (exact) mass is 357 g/mol. The highest BCUT2D eigenvalue weighted by molar-refractivity contribution is 5.96. The van der Waals surface area contributed by atoms with Gasteiger partial charge in [-0.05, 0) is 24.3 Å². The smallest absolute Gasteiger partial charge is 0.387 e. The van der Waals surface area contributed by atoms with E-state index >= 15 is 0 Å². The van der Waals surface area contributed by atoms with Crippen molar-refractivity contribution in [1.82, 2.24) is 0 Å². The Morgan fingerprint density at radius 1 is 1.00 bits per heavy atom. The molecule has 0 aromatic heterocycles. The Hall–Kier alpha value is -3.10. The fourth-order valence-electron chi connectivity index (χ4n) is 1.84. The number of nitrogens with one attached hydrogen (secondary N) is 1. The van der Waals surface area contributed by atoms with Crippen molar-refractivity contribution in [1.29, 1.82) is 0 Å². The largest absolute Gasteiger partial charge is 0.452 e. The normalized spacial score (nSPS) is 10.4. The molecule has 0 radical (unpaired) electrons. The van der Waals surface area contributed by atoms with Gasteiger partial charge in [-0.1, -0.05) is 18.2 Å². The van der Waals surface area contributed by atoms with Crippen molar-refractivity contribution in [2.45, 2.75) is 6.61 Å². The fraction of sp³-hybridized carbons (Fsp3) is 0.125. The van der Waals surface area contributed by atoms with Crippen LogP contribution in [0.1, 0.15) is 10.4 Å². The summed E-state index contributed by atoms with van der Waals surface area (Å²) in [7, 11) is 0. The summed E-state index contributed by atoms with van der Waals surface area (Å²) in [4.78, 5) is 23.5. The lowest BCUT2D eigenvalue weighted by Gasteiger charge is -2.11. The molecule has 0 saturated heterocycles. The van der Waals surface area contributed by atoms with Gasteiger partial charge in [0, 0.05) is 0 Å².